The van der Waals surface area contributed by atoms with E-state index in [4.69, 9.17) is 9.84 Å². The summed E-state index contributed by atoms with van der Waals surface area (Å²) in [5.74, 6) is 0.887. The summed E-state index contributed by atoms with van der Waals surface area (Å²) in [6.45, 7) is 4.48. The summed E-state index contributed by atoms with van der Waals surface area (Å²) in [4.78, 5) is 4.76. The van der Waals surface area contributed by atoms with Crippen molar-refractivity contribution in [1.82, 2.24) is 4.90 Å². The van der Waals surface area contributed by atoms with Crippen LogP contribution in [0.2, 0.25) is 0 Å². The molecule has 0 spiro atoms. The number of piperazine rings is 1. The highest BCUT2D eigenvalue weighted by Gasteiger charge is 2.28. The average Bonchev–Trinajstić information content (AvgIpc) is 2.42. The zero-order valence-electron chi connectivity index (χ0n) is 12.0. The minimum Gasteiger partial charge on any atom is -0.497 e. The monoisotopic (exact) mass is 264 g/mol. The Balaban J connectivity index is 2.12. The van der Waals surface area contributed by atoms with E-state index >= 15 is 0 Å². The van der Waals surface area contributed by atoms with Gasteiger partial charge in [-0.1, -0.05) is 0 Å². The molecule has 1 aromatic carbocycles. The van der Waals surface area contributed by atoms with Crippen molar-refractivity contribution < 1.29 is 9.84 Å². The van der Waals surface area contributed by atoms with Crippen LogP contribution in [0.3, 0.4) is 0 Å². The minimum absolute atomic E-state index is 0.250. The third-order valence-electron chi connectivity index (χ3n) is 3.98. The number of aliphatic hydroxyl groups excluding tert-OH is 1. The van der Waals surface area contributed by atoms with Crippen LogP contribution in [0.15, 0.2) is 24.3 Å². The maximum absolute atomic E-state index is 9.17. The summed E-state index contributed by atoms with van der Waals surface area (Å²) in [6.07, 6.45) is 0.829. The number of ether oxygens (including phenoxy) is 1. The smallest absolute Gasteiger partial charge is 0.119 e. The first-order valence-electron chi connectivity index (χ1n) is 6.87. The highest BCUT2D eigenvalue weighted by molar-refractivity contribution is 5.50. The second-order valence-electron chi connectivity index (χ2n) is 5.31. The van der Waals surface area contributed by atoms with Crippen molar-refractivity contribution in [2.24, 2.45) is 0 Å². The van der Waals surface area contributed by atoms with E-state index in [9.17, 15) is 0 Å². The molecule has 1 aliphatic heterocycles. The van der Waals surface area contributed by atoms with E-state index in [2.05, 4.69) is 35.9 Å². The molecule has 19 heavy (non-hydrogen) atoms. The van der Waals surface area contributed by atoms with Crippen molar-refractivity contribution in [3.05, 3.63) is 24.3 Å². The molecule has 2 atom stereocenters. The first-order chi connectivity index (χ1) is 9.15. The highest BCUT2D eigenvalue weighted by Crippen LogP contribution is 2.25. The van der Waals surface area contributed by atoms with Crippen molar-refractivity contribution in [1.29, 1.82) is 0 Å². The SMILES string of the molecule is COc1ccc(N2CC(CCO)N(C)CC2C)cc1. The molecule has 2 rings (SSSR count). The van der Waals surface area contributed by atoms with Crippen molar-refractivity contribution in [2.75, 3.05) is 38.8 Å². The predicted octanol–water partition coefficient (Wildman–Crippen LogP) is 1.59. The number of aliphatic hydroxyl groups is 1. The Hall–Kier alpha value is -1.26. The number of nitrogens with zero attached hydrogens (tertiary/aromatic N) is 2. The number of methoxy groups -OCH3 is 1. The van der Waals surface area contributed by atoms with Gasteiger partial charge in [0.15, 0.2) is 0 Å². The summed E-state index contributed by atoms with van der Waals surface area (Å²) < 4.78 is 5.20. The quantitative estimate of drug-likeness (QED) is 0.896. The van der Waals surface area contributed by atoms with Crippen LogP contribution in [0, 0.1) is 0 Å². The van der Waals surface area contributed by atoms with E-state index in [0.717, 1.165) is 25.3 Å². The van der Waals surface area contributed by atoms with E-state index in [0.29, 0.717) is 12.1 Å². The van der Waals surface area contributed by atoms with E-state index < -0.39 is 0 Å². The molecule has 0 amide bonds. The molecule has 0 radical (unpaired) electrons. The molecule has 0 aliphatic carbocycles. The number of hydrogen-bond donors (Lipinski definition) is 1. The van der Waals surface area contributed by atoms with E-state index in [1.54, 1.807) is 7.11 Å². The van der Waals surface area contributed by atoms with Crippen LogP contribution in [0.5, 0.6) is 5.75 Å². The molecule has 4 heteroatoms. The maximum Gasteiger partial charge on any atom is 0.119 e. The summed E-state index contributed by atoms with van der Waals surface area (Å²) in [5.41, 5.74) is 1.23. The second kappa shape index (κ2) is 6.26. The lowest BCUT2D eigenvalue weighted by atomic mass is 10.0. The van der Waals surface area contributed by atoms with Gasteiger partial charge < -0.3 is 14.7 Å². The van der Waals surface area contributed by atoms with E-state index in [-0.39, 0.29) is 6.61 Å². The summed E-state index contributed by atoms with van der Waals surface area (Å²) in [5, 5.41) is 9.17. The highest BCUT2D eigenvalue weighted by atomic mass is 16.5. The lowest BCUT2D eigenvalue weighted by Gasteiger charge is -2.45. The number of benzene rings is 1. The standard InChI is InChI=1S/C15H24N2O2/c1-12-10-16(2)14(8-9-18)11-17(12)13-4-6-15(19-3)7-5-13/h4-7,12,14,18H,8-11H2,1-3H3. The molecule has 4 nitrogen and oxygen atoms in total. The number of likely N-dealkylation sites (N-methyl/N-ethyl adjacent to an activating group) is 1. The molecule has 106 valence electrons. The number of hydrogen-bond acceptors (Lipinski definition) is 4. The lowest BCUT2D eigenvalue weighted by Crippen LogP contribution is -2.56. The molecule has 1 aromatic rings. The van der Waals surface area contributed by atoms with Crippen LogP contribution in [0.1, 0.15) is 13.3 Å². The fraction of sp³-hybridized carbons (Fsp3) is 0.600. The van der Waals surface area contributed by atoms with Crippen LogP contribution < -0.4 is 9.64 Å². The van der Waals surface area contributed by atoms with Crippen LogP contribution >= 0.6 is 0 Å². The molecule has 1 N–H and O–H groups in total. The molecular weight excluding hydrogens is 240 g/mol. The molecule has 0 bridgehead atoms. The molecule has 0 aromatic heterocycles. The van der Waals surface area contributed by atoms with Crippen molar-refractivity contribution in [3.63, 3.8) is 0 Å². The van der Waals surface area contributed by atoms with Gasteiger partial charge in [-0.15, -0.1) is 0 Å². The van der Waals surface area contributed by atoms with Gasteiger partial charge in [-0.25, -0.2) is 0 Å². The van der Waals surface area contributed by atoms with Gasteiger partial charge in [0.1, 0.15) is 5.75 Å². The minimum atomic E-state index is 0.250. The van der Waals surface area contributed by atoms with Crippen LogP contribution in [0.25, 0.3) is 0 Å². The number of rotatable bonds is 4. The first kappa shape index (κ1) is 14.2. The van der Waals surface area contributed by atoms with Gasteiger partial charge in [0.05, 0.1) is 7.11 Å². The second-order valence-corrected chi connectivity index (χ2v) is 5.31. The Morgan fingerprint density at radius 2 is 1.95 bits per heavy atom. The van der Waals surface area contributed by atoms with Crippen LogP contribution in [-0.2, 0) is 0 Å². The summed E-state index contributed by atoms with van der Waals surface area (Å²) in [7, 11) is 3.83. The molecule has 0 saturated carbocycles. The Labute approximate surface area is 115 Å². The van der Waals surface area contributed by atoms with E-state index in [1.165, 1.54) is 5.69 Å². The molecule has 1 fully saturated rings. The molecule has 2 unspecified atom stereocenters. The van der Waals surface area contributed by atoms with Crippen molar-refractivity contribution in [3.8, 4) is 5.75 Å². The zero-order valence-corrected chi connectivity index (χ0v) is 12.0. The van der Waals surface area contributed by atoms with Crippen LogP contribution in [-0.4, -0.2) is 55.9 Å². The van der Waals surface area contributed by atoms with Crippen molar-refractivity contribution >= 4 is 5.69 Å². The van der Waals surface area contributed by atoms with Gasteiger partial charge in [0, 0.05) is 37.5 Å². The van der Waals surface area contributed by atoms with Gasteiger partial charge in [-0.05, 0) is 44.7 Å². The van der Waals surface area contributed by atoms with E-state index in [1.807, 2.05) is 12.1 Å². The van der Waals surface area contributed by atoms with Crippen LogP contribution in [0.4, 0.5) is 5.69 Å². The van der Waals surface area contributed by atoms with Gasteiger partial charge in [0.25, 0.3) is 0 Å². The zero-order chi connectivity index (χ0) is 13.8. The van der Waals surface area contributed by atoms with Gasteiger partial charge in [-0.3, -0.25) is 4.90 Å². The summed E-state index contributed by atoms with van der Waals surface area (Å²) in [6, 6.07) is 9.12. The maximum atomic E-state index is 9.17. The van der Waals surface area contributed by atoms with Gasteiger partial charge in [-0.2, -0.15) is 0 Å². The first-order valence-corrected chi connectivity index (χ1v) is 6.87. The third-order valence-corrected chi connectivity index (χ3v) is 3.98. The predicted molar refractivity (Wildman–Crippen MR) is 77.9 cm³/mol. The molecular formula is C15H24N2O2. The Morgan fingerprint density at radius 3 is 2.53 bits per heavy atom. The fourth-order valence-corrected chi connectivity index (χ4v) is 2.81. The molecule has 1 heterocycles. The average molecular weight is 264 g/mol. The largest absolute Gasteiger partial charge is 0.497 e. The Bertz CT molecular complexity index is 394. The Kier molecular flexibility index (Phi) is 4.66. The topological polar surface area (TPSA) is 35.9 Å². The summed E-state index contributed by atoms with van der Waals surface area (Å²) >= 11 is 0. The lowest BCUT2D eigenvalue weighted by molar-refractivity contribution is 0.154. The molecule has 1 aliphatic rings. The third kappa shape index (κ3) is 3.19. The van der Waals surface area contributed by atoms with Crippen molar-refractivity contribution in [2.45, 2.75) is 25.4 Å². The van der Waals surface area contributed by atoms with Gasteiger partial charge in [0.2, 0.25) is 0 Å². The fourth-order valence-electron chi connectivity index (χ4n) is 2.81. The Morgan fingerprint density at radius 1 is 1.26 bits per heavy atom. The normalized spacial score (nSPS) is 24.5. The number of anilines is 1. The van der Waals surface area contributed by atoms with Gasteiger partial charge >= 0.3 is 0 Å². The molecule has 1 saturated heterocycles.